The molecule has 0 bridgehead atoms. The zero-order valence-corrected chi connectivity index (χ0v) is 12.7. The molecule has 0 saturated carbocycles. The summed E-state index contributed by atoms with van der Waals surface area (Å²) >= 11 is 0. The average molecular weight is 297 g/mol. The van der Waals surface area contributed by atoms with Crippen molar-refractivity contribution in [3.63, 3.8) is 0 Å². The fourth-order valence-electron chi connectivity index (χ4n) is 1.90. The van der Waals surface area contributed by atoms with Gasteiger partial charge in [0.1, 0.15) is 5.69 Å². The van der Waals surface area contributed by atoms with E-state index in [0.717, 1.165) is 0 Å². The highest BCUT2D eigenvalue weighted by molar-refractivity contribution is 5.99. The van der Waals surface area contributed by atoms with E-state index in [9.17, 15) is 14.4 Å². The standard InChI is InChI=1S/C14H19NO6/c1-6-20-14(18)11-7(2)10(8(3)15-11)13(17)21-9(4)12(16)19-5/h9,15H,6H2,1-5H3/t9-/m1/s1. The Morgan fingerprint density at radius 2 is 1.81 bits per heavy atom. The first-order valence-corrected chi connectivity index (χ1v) is 6.48. The SMILES string of the molecule is CCOC(=O)c1[nH]c(C)c(C(=O)O[C@H](C)C(=O)OC)c1C. The molecule has 1 N–H and O–H groups in total. The van der Waals surface area contributed by atoms with E-state index >= 15 is 0 Å². The van der Waals surface area contributed by atoms with Gasteiger partial charge in [-0.05, 0) is 33.3 Å². The summed E-state index contributed by atoms with van der Waals surface area (Å²) in [6.07, 6.45) is -1.03. The van der Waals surface area contributed by atoms with Gasteiger partial charge in [-0.1, -0.05) is 0 Å². The predicted octanol–water partition coefficient (Wildman–Crippen LogP) is 1.53. The van der Waals surface area contributed by atoms with Crippen LogP contribution in [0.2, 0.25) is 0 Å². The summed E-state index contributed by atoms with van der Waals surface area (Å²) in [7, 11) is 1.21. The van der Waals surface area contributed by atoms with Crippen molar-refractivity contribution in [3.05, 3.63) is 22.5 Å². The minimum atomic E-state index is -1.03. The lowest BCUT2D eigenvalue weighted by molar-refractivity contribution is -0.149. The van der Waals surface area contributed by atoms with Crippen LogP contribution in [0.1, 0.15) is 46.0 Å². The number of hydrogen-bond donors (Lipinski definition) is 1. The highest BCUT2D eigenvalue weighted by Gasteiger charge is 2.26. The Morgan fingerprint density at radius 1 is 1.19 bits per heavy atom. The fraction of sp³-hybridized carbons (Fsp3) is 0.500. The van der Waals surface area contributed by atoms with Gasteiger partial charge in [-0.3, -0.25) is 0 Å². The van der Waals surface area contributed by atoms with E-state index in [1.165, 1.54) is 14.0 Å². The predicted molar refractivity (Wildman–Crippen MR) is 73.1 cm³/mol. The van der Waals surface area contributed by atoms with Gasteiger partial charge < -0.3 is 19.2 Å². The molecule has 116 valence electrons. The summed E-state index contributed by atoms with van der Waals surface area (Å²) in [5.74, 6) is -1.90. The number of aromatic amines is 1. The van der Waals surface area contributed by atoms with Crippen LogP contribution >= 0.6 is 0 Å². The number of ether oxygens (including phenoxy) is 3. The number of methoxy groups -OCH3 is 1. The minimum absolute atomic E-state index is 0.201. The Labute approximate surface area is 122 Å². The van der Waals surface area contributed by atoms with Crippen molar-refractivity contribution in [2.24, 2.45) is 0 Å². The Bertz CT molecular complexity index is 560. The van der Waals surface area contributed by atoms with Crippen LogP contribution in [0.25, 0.3) is 0 Å². The van der Waals surface area contributed by atoms with E-state index in [-0.39, 0.29) is 17.9 Å². The maximum Gasteiger partial charge on any atom is 0.355 e. The van der Waals surface area contributed by atoms with Crippen LogP contribution in [0, 0.1) is 13.8 Å². The molecule has 0 aliphatic heterocycles. The molecular weight excluding hydrogens is 278 g/mol. The first kappa shape index (κ1) is 16.7. The Kier molecular flexibility index (Phi) is 5.52. The number of H-pyrrole nitrogens is 1. The molecule has 0 radical (unpaired) electrons. The van der Waals surface area contributed by atoms with E-state index in [2.05, 4.69) is 9.72 Å². The zero-order chi connectivity index (χ0) is 16.2. The van der Waals surface area contributed by atoms with Crippen LogP contribution in [0.3, 0.4) is 0 Å². The molecule has 0 saturated heterocycles. The molecule has 1 heterocycles. The quantitative estimate of drug-likeness (QED) is 0.654. The van der Waals surface area contributed by atoms with Crippen molar-refractivity contribution in [2.75, 3.05) is 13.7 Å². The number of aryl methyl sites for hydroxylation is 1. The van der Waals surface area contributed by atoms with Crippen molar-refractivity contribution in [2.45, 2.75) is 33.8 Å². The molecule has 1 rings (SSSR count). The highest BCUT2D eigenvalue weighted by Crippen LogP contribution is 2.20. The molecule has 21 heavy (non-hydrogen) atoms. The smallest absolute Gasteiger partial charge is 0.355 e. The monoisotopic (exact) mass is 297 g/mol. The third kappa shape index (κ3) is 3.62. The van der Waals surface area contributed by atoms with Gasteiger partial charge in [0, 0.05) is 5.69 Å². The van der Waals surface area contributed by atoms with Crippen molar-refractivity contribution in [1.82, 2.24) is 4.98 Å². The van der Waals surface area contributed by atoms with Crippen molar-refractivity contribution >= 4 is 17.9 Å². The molecule has 7 nitrogen and oxygen atoms in total. The van der Waals surface area contributed by atoms with Crippen LogP contribution in [-0.4, -0.2) is 42.7 Å². The Hall–Kier alpha value is -2.31. The molecule has 0 aliphatic rings. The molecule has 0 aromatic carbocycles. The fourth-order valence-corrected chi connectivity index (χ4v) is 1.90. The average Bonchev–Trinajstić information content (AvgIpc) is 2.73. The second kappa shape index (κ2) is 6.92. The summed E-state index contributed by atoms with van der Waals surface area (Å²) in [6.45, 7) is 6.57. The van der Waals surface area contributed by atoms with E-state index in [1.807, 2.05) is 0 Å². The van der Waals surface area contributed by atoms with Gasteiger partial charge in [-0.25, -0.2) is 14.4 Å². The maximum absolute atomic E-state index is 12.1. The van der Waals surface area contributed by atoms with Gasteiger partial charge in [-0.15, -0.1) is 0 Å². The van der Waals surface area contributed by atoms with E-state index in [1.54, 1.807) is 20.8 Å². The molecule has 0 spiro atoms. The third-order valence-corrected chi connectivity index (χ3v) is 2.94. The minimum Gasteiger partial charge on any atom is -0.466 e. The highest BCUT2D eigenvalue weighted by atomic mass is 16.6. The molecule has 0 fully saturated rings. The summed E-state index contributed by atoms with van der Waals surface area (Å²) in [4.78, 5) is 37.9. The molecule has 1 aromatic heterocycles. The van der Waals surface area contributed by atoms with Crippen molar-refractivity contribution in [3.8, 4) is 0 Å². The Morgan fingerprint density at radius 3 is 2.33 bits per heavy atom. The largest absolute Gasteiger partial charge is 0.466 e. The van der Waals surface area contributed by atoms with Gasteiger partial charge in [0.2, 0.25) is 0 Å². The van der Waals surface area contributed by atoms with Gasteiger partial charge >= 0.3 is 17.9 Å². The van der Waals surface area contributed by atoms with Gasteiger partial charge in [0.25, 0.3) is 0 Å². The normalized spacial score (nSPS) is 11.7. The zero-order valence-electron chi connectivity index (χ0n) is 12.7. The summed E-state index contributed by atoms with van der Waals surface area (Å²) < 4.78 is 14.4. The van der Waals surface area contributed by atoms with E-state index in [4.69, 9.17) is 9.47 Å². The molecule has 7 heteroatoms. The molecule has 0 amide bonds. The molecular formula is C14H19NO6. The molecule has 1 atom stereocenters. The number of nitrogens with one attached hydrogen (secondary N) is 1. The van der Waals surface area contributed by atoms with Crippen LogP contribution in [0.4, 0.5) is 0 Å². The van der Waals surface area contributed by atoms with Crippen molar-refractivity contribution in [1.29, 1.82) is 0 Å². The second-order valence-corrected chi connectivity index (χ2v) is 4.42. The molecule has 1 aromatic rings. The lowest BCUT2D eigenvalue weighted by Crippen LogP contribution is -2.25. The first-order valence-electron chi connectivity index (χ1n) is 6.48. The number of carbonyl (C=O) groups is 3. The second-order valence-electron chi connectivity index (χ2n) is 4.42. The summed E-state index contributed by atoms with van der Waals surface area (Å²) in [5, 5.41) is 0. The lowest BCUT2D eigenvalue weighted by Gasteiger charge is -2.11. The third-order valence-electron chi connectivity index (χ3n) is 2.94. The van der Waals surface area contributed by atoms with Crippen LogP contribution in [-0.2, 0) is 19.0 Å². The number of hydrogen-bond acceptors (Lipinski definition) is 6. The van der Waals surface area contributed by atoms with Gasteiger partial charge in [0.05, 0.1) is 19.3 Å². The van der Waals surface area contributed by atoms with Crippen molar-refractivity contribution < 1.29 is 28.6 Å². The number of aromatic nitrogens is 1. The number of carbonyl (C=O) groups excluding carboxylic acids is 3. The van der Waals surface area contributed by atoms with Crippen LogP contribution in [0.5, 0.6) is 0 Å². The number of rotatable bonds is 5. The molecule has 0 unspecified atom stereocenters. The summed E-state index contributed by atoms with van der Waals surface area (Å²) in [6, 6.07) is 0. The first-order chi connectivity index (χ1) is 9.83. The maximum atomic E-state index is 12.1. The topological polar surface area (TPSA) is 94.7 Å². The van der Waals surface area contributed by atoms with E-state index in [0.29, 0.717) is 11.3 Å². The summed E-state index contributed by atoms with van der Waals surface area (Å²) in [5.41, 5.74) is 1.31. The van der Waals surface area contributed by atoms with Gasteiger partial charge in [0.15, 0.2) is 6.10 Å². The lowest BCUT2D eigenvalue weighted by atomic mass is 10.1. The van der Waals surface area contributed by atoms with Gasteiger partial charge in [-0.2, -0.15) is 0 Å². The van der Waals surface area contributed by atoms with Crippen LogP contribution < -0.4 is 0 Å². The molecule has 0 aliphatic carbocycles. The number of esters is 3. The van der Waals surface area contributed by atoms with Crippen LogP contribution in [0.15, 0.2) is 0 Å². The Balaban J connectivity index is 3.01. The van der Waals surface area contributed by atoms with E-state index < -0.39 is 24.0 Å².